The number of benzene rings is 5. The highest BCUT2D eigenvalue weighted by molar-refractivity contribution is 6.35. The van der Waals surface area contributed by atoms with E-state index in [1.54, 1.807) is 6.07 Å². The SMILES string of the molecule is Clc1cc(Cl)cc(-c2ccccc2N(c2ccccc2)c2ccc3c(c2)oc2ccccc23)c1. The van der Waals surface area contributed by atoms with Gasteiger partial charge in [-0.3, -0.25) is 0 Å². The standard InChI is InChI=1S/C30H19Cl2NO/c31-21-16-20(17-22(32)18-21)25-10-4-6-12-28(25)33(23-8-2-1-3-9-23)24-14-15-27-26-11-5-7-13-29(26)34-30(27)19-24/h1-19H. The molecule has 0 radical (unpaired) electrons. The number of rotatable bonds is 4. The molecular formula is C30H19Cl2NO. The number of anilines is 3. The lowest BCUT2D eigenvalue weighted by Crippen LogP contribution is -2.11. The van der Waals surface area contributed by atoms with Crippen LogP contribution in [0.4, 0.5) is 17.1 Å². The Morgan fingerprint density at radius 1 is 0.529 bits per heavy atom. The maximum absolute atomic E-state index is 6.36. The molecule has 0 unspecified atom stereocenters. The van der Waals surface area contributed by atoms with Crippen molar-refractivity contribution < 1.29 is 4.42 Å². The van der Waals surface area contributed by atoms with Gasteiger partial charge in [0.05, 0.1) is 5.69 Å². The fourth-order valence-electron chi connectivity index (χ4n) is 4.48. The van der Waals surface area contributed by atoms with Gasteiger partial charge in [-0.1, -0.05) is 77.8 Å². The second-order valence-electron chi connectivity index (χ2n) is 8.12. The van der Waals surface area contributed by atoms with E-state index in [9.17, 15) is 0 Å². The van der Waals surface area contributed by atoms with E-state index in [0.29, 0.717) is 10.0 Å². The number of hydrogen-bond acceptors (Lipinski definition) is 2. The van der Waals surface area contributed by atoms with E-state index in [1.165, 1.54) is 0 Å². The number of halogens is 2. The van der Waals surface area contributed by atoms with E-state index in [4.69, 9.17) is 27.6 Å². The molecule has 0 aliphatic carbocycles. The molecular weight excluding hydrogens is 461 g/mol. The predicted molar refractivity (Wildman–Crippen MR) is 144 cm³/mol. The van der Waals surface area contributed by atoms with Gasteiger partial charge in [0.15, 0.2) is 0 Å². The summed E-state index contributed by atoms with van der Waals surface area (Å²) in [5.41, 5.74) is 6.77. The molecule has 4 heteroatoms. The van der Waals surface area contributed by atoms with Gasteiger partial charge in [0, 0.05) is 43.8 Å². The summed E-state index contributed by atoms with van der Waals surface area (Å²) in [5, 5.41) is 3.42. The van der Waals surface area contributed by atoms with Crippen molar-refractivity contribution in [2.24, 2.45) is 0 Å². The molecule has 0 saturated carbocycles. The van der Waals surface area contributed by atoms with E-state index < -0.39 is 0 Å². The van der Waals surface area contributed by atoms with Crippen LogP contribution in [0.2, 0.25) is 10.0 Å². The van der Waals surface area contributed by atoms with Gasteiger partial charge in [0.2, 0.25) is 0 Å². The van der Waals surface area contributed by atoms with Crippen molar-refractivity contribution in [1.82, 2.24) is 0 Å². The molecule has 1 heterocycles. The van der Waals surface area contributed by atoms with Crippen molar-refractivity contribution in [3.63, 3.8) is 0 Å². The lowest BCUT2D eigenvalue weighted by Gasteiger charge is -2.28. The van der Waals surface area contributed by atoms with Crippen LogP contribution in [-0.4, -0.2) is 0 Å². The van der Waals surface area contributed by atoms with Crippen molar-refractivity contribution in [2.75, 3.05) is 4.90 Å². The Bertz CT molecular complexity index is 1620. The second kappa shape index (κ2) is 8.57. The van der Waals surface area contributed by atoms with Gasteiger partial charge >= 0.3 is 0 Å². The smallest absolute Gasteiger partial charge is 0.137 e. The van der Waals surface area contributed by atoms with E-state index in [2.05, 4.69) is 53.4 Å². The molecule has 0 bridgehead atoms. The number of para-hydroxylation sites is 3. The number of furan rings is 1. The molecule has 0 N–H and O–H groups in total. The Labute approximate surface area is 207 Å². The normalized spacial score (nSPS) is 11.2. The van der Waals surface area contributed by atoms with Crippen LogP contribution in [0.3, 0.4) is 0 Å². The third-order valence-corrected chi connectivity index (χ3v) is 6.39. The van der Waals surface area contributed by atoms with Crippen LogP contribution in [0.5, 0.6) is 0 Å². The van der Waals surface area contributed by atoms with Crippen LogP contribution >= 0.6 is 23.2 Å². The van der Waals surface area contributed by atoms with Gasteiger partial charge in [0.1, 0.15) is 11.2 Å². The van der Waals surface area contributed by atoms with E-state index in [-0.39, 0.29) is 0 Å². The molecule has 0 aliphatic heterocycles. The number of nitrogens with zero attached hydrogens (tertiary/aromatic N) is 1. The zero-order valence-electron chi connectivity index (χ0n) is 18.1. The highest BCUT2D eigenvalue weighted by Crippen LogP contribution is 2.43. The van der Waals surface area contributed by atoms with Crippen molar-refractivity contribution in [3.05, 3.63) is 125 Å². The van der Waals surface area contributed by atoms with Gasteiger partial charge in [-0.15, -0.1) is 0 Å². The minimum Gasteiger partial charge on any atom is -0.456 e. The monoisotopic (exact) mass is 479 g/mol. The zero-order valence-corrected chi connectivity index (χ0v) is 19.6. The first-order chi connectivity index (χ1) is 16.7. The van der Waals surface area contributed by atoms with Gasteiger partial charge in [-0.2, -0.15) is 0 Å². The average Bonchev–Trinajstić information content (AvgIpc) is 3.23. The molecule has 2 nitrogen and oxygen atoms in total. The first kappa shape index (κ1) is 20.9. The van der Waals surface area contributed by atoms with Gasteiger partial charge in [-0.05, 0) is 60.2 Å². The fraction of sp³-hybridized carbons (Fsp3) is 0. The molecule has 5 aromatic carbocycles. The first-order valence-electron chi connectivity index (χ1n) is 11.0. The summed E-state index contributed by atoms with van der Waals surface area (Å²) < 4.78 is 6.20. The lowest BCUT2D eigenvalue weighted by atomic mass is 10.0. The molecule has 6 aromatic rings. The molecule has 1 aromatic heterocycles. The highest BCUT2D eigenvalue weighted by Gasteiger charge is 2.18. The van der Waals surface area contributed by atoms with Gasteiger partial charge in [0.25, 0.3) is 0 Å². The molecule has 6 rings (SSSR count). The van der Waals surface area contributed by atoms with Crippen molar-refractivity contribution in [3.8, 4) is 11.1 Å². The third kappa shape index (κ3) is 3.71. The lowest BCUT2D eigenvalue weighted by molar-refractivity contribution is 0.669. The van der Waals surface area contributed by atoms with Crippen LogP contribution in [0.1, 0.15) is 0 Å². The Morgan fingerprint density at radius 2 is 1.21 bits per heavy atom. The quantitative estimate of drug-likeness (QED) is 0.250. The van der Waals surface area contributed by atoms with Crippen LogP contribution in [0.15, 0.2) is 120 Å². The zero-order chi connectivity index (χ0) is 23.1. The van der Waals surface area contributed by atoms with Gasteiger partial charge in [-0.25, -0.2) is 0 Å². The van der Waals surface area contributed by atoms with Crippen LogP contribution in [0, 0.1) is 0 Å². The third-order valence-electron chi connectivity index (χ3n) is 5.95. The predicted octanol–water partition coefficient (Wildman–Crippen LogP) is 10.0. The minimum absolute atomic E-state index is 0.604. The molecule has 164 valence electrons. The molecule has 0 saturated heterocycles. The summed E-state index contributed by atoms with van der Waals surface area (Å²) in [4.78, 5) is 2.23. The Hall–Kier alpha value is -3.72. The summed E-state index contributed by atoms with van der Waals surface area (Å²) >= 11 is 12.7. The van der Waals surface area contributed by atoms with Gasteiger partial charge < -0.3 is 9.32 Å². The highest BCUT2D eigenvalue weighted by atomic mass is 35.5. The summed E-state index contributed by atoms with van der Waals surface area (Å²) in [6.07, 6.45) is 0. The molecule has 0 atom stereocenters. The second-order valence-corrected chi connectivity index (χ2v) is 9.00. The Morgan fingerprint density at radius 3 is 2.03 bits per heavy atom. The number of hydrogen-bond donors (Lipinski definition) is 0. The van der Waals surface area contributed by atoms with Crippen molar-refractivity contribution >= 4 is 62.2 Å². The topological polar surface area (TPSA) is 16.4 Å². The van der Waals surface area contributed by atoms with Crippen molar-refractivity contribution in [1.29, 1.82) is 0 Å². The molecule has 0 aliphatic rings. The molecule has 0 amide bonds. The maximum Gasteiger partial charge on any atom is 0.137 e. The fourth-order valence-corrected chi connectivity index (χ4v) is 5.01. The Kier molecular flexibility index (Phi) is 5.26. The minimum atomic E-state index is 0.604. The molecule has 0 fully saturated rings. The van der Waals surface area contributed by atoms with E-state index in [0.717, 1.165) is 50.1 Å². The summed E-state index contributed by atoms with van der Waals surface area (Å²) in [6, 6.07) is 38.7. The summed E-state index contributed by atoms with van der Waals surface area (Å²) in [6.45, 7) is 0. The summed E-state index contributed by atoms with van der Waals surface area (Å²) in [7, 11) is 0. The van der Waals surface area contributed by atoms with Crippen LogP contribution in [0.25, 0.3) is 33.1 Å². The van der Waals surface area contributed by atoms with Crippen LogP contribution < -0.4 is 4.90 Å². The molecule has 34 heavy (non-hydrogen) atoms. The Balaban J connectivity index is 1.59. The van der Waals surface area contributed by atoms with Crippen molar-refractivity contribution in [2.45, 2.75) is 0 Å². The van der Waals surface area contributed by atoms with E-state index in [1.807, 2.05) is 60.7 Å². The number of fused-ring (bicyclic) bond motifs is 3. The largest absolute Gasteiger partial charge is 0.456 e. The average molecular weight is 480 g/mol. The maximum atomic E-state index is 6.36. The first-order valence-corrected chi connectivity index (χ1v) is 11.7. The van der Waals surface area contributed by atoms with E-state index >= 15 is 0 Å². The van der Waals surface area contributed by atoms with Crippen LogP contribution in [-0.2, 0) is 0 Å². The molecule has 0 spiro atoms. The summed E-state index contributed by atoms with van der Waals surface area (Å²) in [5.74, 6) is 0.